The first-order valence-corrected chi connectivity index (χ1v) is 7.34. The fourth-order valence-electron chi connectivity index (χ4n) is 1.96. The largest absolute Gasteiger partial charge is 0.491 e. The lowest BCUT2D eigenvalue weighted by atomic mass is 10.2. The lowest BCUT2D eigenvalue weighted by Gasteiger charge is -2.15. The molecule has 26 heavy (non-hydrogen) atoms. The smallest absolute Gasteiger partial charge is 0.416 e. The Labute approximate surface area is 144 Å². The zero-order valence-electron chi connectivity index (χ0n) is 13.1. The standard InChI is InChI=1S/C17H14F6O3/c18-16(19,20)11-3-1-5-14(7-11)25-9-13(24)10-26-15-6-2-4-12(8-15)17(21,22)23/h1-8,13,24H,9-10H2. The quantitative estimate of drug-likeness (QED) is 0.748. The van der Waals surface area contributed by atoms with Gasteiger partial charge in [0.2, 0.25) is 0 Å². The molecule has 0 radical (unpaired) electrons. The molecule has 0 saturated carbocycles. The fraction of sp³-hybridized carbons (Fsp3) is 0.294. The first-order chi connectivity index (χ1) is 12.1. The van der Waals surface area contributed by atoms with Crippen LogP contribution in [0.15, 0.2) is 48.5 Å². The Kier molecular flexibility index (Phi) is 6.01. The molecule has 0 heterocycles. The number of alkyl halides is 6. The van der Waals surface area contributed by atoms with E-state index in [0.717, 1.165) is 36.4 Å². The van der Waals surface area contributed by atoms with Crippen LogP contribution in [0, 0.1) is 0 Å². The van der Waals surface area contributed by atoms with Crippen molar-refractivity contribution in [2.75, 3.05) is 13.2 Å². The number of ether oxygens (including phenoxy) is 2. The lowest BCUT2D eigenvalue weighted by Crippen LogP contribution is -2.25. The molecule has 0 aliphatic rings. The summed E-state index contributed by atoms with van der Waals surface area (Å²) >= 11 is 0. The van der Waals surface area contributed by atoms with Gasteiger partial charge in [-0.15, -0.1) is 0 Å². The maximum absolute atomic E-state index is 12.6. The van der Waals surface area contributed by atoms with Gasteiger partial charge in [0, 0.05) is 0 Å². The summed E-state index contributed by atoms with van der Waals surface area (Å²) < 4.78 is 85.6. The summed E-state index contributed by atoms with van der Waals surface area (Å²) in [5, 5.41) is 9.74. The molecule has 2 aromatic carbocycles. The number of hydrogen-bond acceptors (Lipinski definition) is 3. The van der Waals surface area contributed by atoms with Crippen molar-refractivity contribution >= 4 is 0 Å². The Morgan fingerprint density at radius 1 is 0.731 bits per heavy atom. The van der Waals surface area contributed by atoms with Gasteiger partial charge in [-0.3, -0.25) is 0 Å². The van der Waals surface area contributed by atoms with Gasteiger partial charge in [0.05, 0.1) is 11.1 Å². The van der Waals surface area contributed by atoms with Crippen molar-refractivity contribution in [1.29, 1.82) is 0 Å². The zero-order valence-corrected chi connectivity index (χ0v) is 13.1. The number of halogens is 6. The molecular formula is C17H14F6O3. The van der Waals surface area contributed by atoms with Crippen LogP contribution in [0.1, 0.15) is 11.1 Å². The highest BCUT2D eigenvalue weighted by molar-refractivity contribution is 5.31. The van der Waals surface area contributed by atoms with Gasteiger partial charge < -0.3 is 14.6 Å². The average Bonchev–Trinajstić information content (AvgIpc) is 2.57. The van der Waals surface area contributed by atoms with E-state index in [1.165, 1.54) is 12.1 Å². The van der Waals surface area contributed by atoms with Gasteiger partial charge in [0.25, 0.3) is 0 Å². The maximum atomic E-state index is 12.6. The number of aliphatic hydroxyl groups excluding tert-OH is 1. The molecule has 142 valence electrons. The van der Waals surface area contributed by atoms with Gasteiger partial charge >= 0.3 is 12.4 Å². The highest BCUT2D eigenvalue weighted by Crippen LogP contribution is 2.32. The molecule has 0 aromatic heterocycles. The molecule has 0 spiro atoms. The van der Waals surface area contributed by atoms with Crippen molar-refractivity contribution in [2.45, 2.75) is 18.5 Å². The molecule has 2 aromatic rings. The van der Waals surface area contributed by atoms with Gasteiger partial charge in [0.15, 0.2) is 0 Å². The number of hydrogen-bond donors (Lipinski definition) is 1. The Hall–Kier alpha value is -2.42. The SMILES string of the molecule is OC(COc1cccc(C(F)(F)F)c1)COc1cccc(C(F)(F)F)c1. The minimum absolute atomic E-state index is 0.0991. The Morgan fingerprint density at radius 3 is 1.46 bits per heavy atom. The number of rotatable bonds is 6. The summed E-state index contributed by atoms with van der Waals surface area (Å²) in [7, 11) is 0. The molecule has 0 aliphatic carbocycles. The lowest BCUT2D eigenvalue weighted by molar-refractivity contribution is -0.138. The first-order valence-electron chi connectivity index (χ1n) is 7.34. The van der Waals surface area contributed by atoms with Crippen LogP contribution in [-0.4, -0.2) is 24.4 Å². The summed E-state index contributed by atoms with van der Waals surface area (Å²) in [4.78, 5) is 0. The van der Waals surface area contributed by atoms with E-state index < -0.39 is 29.6 Å². The van der Waals surface area contributed by atoms with E-state index in [0.29, 0.717) is 0 Å². The molecule has 0 aliphatic heterocycles. The minimum atomic E-state index is -4.52. The molecular weight excluding hydrogens is 366 g/mol. The van der Waals surface area contributed by atoms with Crippen LogP contribution < -0.4 is 9.47 Å². The van der Waals surface area contributed by atoms with Crippen molar-refractivity contribution in [1.82, 2.24) is 0 Å². The molecule has 0 unspecified atom stereocenters. The summed E-state index contributed by atoms with van der Waals surface area (Å²) in [6, 6.07) is 8.19. The van der Waals surface area contributed by atoms with Crippen LogP contribution in [0.5, 0.6) is 11.5 Å². The third-order valence-corrected chi connectivity index (χ3v) is 3.21. The van der Waals surface area contributed by atoms with Crippen molar-refractivity contribution in [3.05, 3.63) is 59.7 Å². The Bertz CT molecular complexity index is 665. The van der Waals surface area contributed by atoms with E-state index in [2.05, 4.69) is 0 Å². The Morgan fingerprint density at radius 2 is 1.12 bits per heavy atom. The molecule has 1 N–H and O–H groups in total. The van der Waals surface area contributed by atoms with E-state index in [-0.39, 0.29) is 24.7 Å². The van der Waals surface area contributed by atoms with E-state index in [1.54, 1.807) is 0 Å². The van der Waals surface area contributed by atoms with Crippen LogP contribution in [0.25, 0.3) is 0 Å². The van der Waals surface area contributed by atoms with Crippen LogP contribution >= 0.6 is 0 Å². The molecule has 0 fully saturated rings. The van der Waals surface area contributed by atoms with E-state index >= 15 is 0 Å². The molecule has 0 atom stereocenters. The Balaban J connectivity index is 1.87. The van der Waals surface area contributed by atoms with Gasteiger partial charge in [0.1, 0.15) is 30.8 Å². The highest BCUT2D eigenvalue weighted by atomic mass is 19.4. The van der Waals surface area contributed by atoms with Crippen LogP contribution in [0.2, 0.25) is 0 Å². The second kappa shape index (κ2) is 7.86. The van der Waals surface area contributed by atoms with E-state index in [4.69, 9.17) is 9.47 Å². The number of benzene rings is 2. The van der Waals surface area contributed by atoms with Crippen molar-refractivity contribution < 1.29 is 40.9 Å². The fourth-order valence-corrected chi connectivity index (χ4v) is 1.96. The minimum Gasteiger partial charge on any atom is -0.491 e. The van der Waals surface area contributed by atoms with Gasteiger partial charge in [-0.25, -0.2) is 0 Å². The van der Waals surface area contributed by atoms with Crippen LogP contribution in [0.4, 0.5) is 26.3 Å². The summed E-state index contributed by atoms with van der Waals surface area (Å²) in [5.74, 6) is -0.198. The number of aliphatic hydroxyl groups is 1. The first kappa shape index (κ1) is 19.9. The van der Waals surface area contributed by atoms with Gasteiger partial charge in [-0.1, -0.05) is 12.1 Å². The summed E-state index contributed by atoms with van der Waals surface area (Å²) in [6.45, 7) is -0.777. The van der Waals surface area contributed by atoms with E-state index in [1.807, 2.05) is 0 Å². The monoisotopic (exact) mass is 380 g/mol. The molecule has 0 amide bonds. The predicted octanol–water partition coefficient (Wildman–Crippen LogP) is 4.54. The molecule has 9 heteroatoms. The van der Waals surface area contributed by atoms with Crippen molar-refractivity contribution in [3.8, 4) is 11.5 Å². The highest BCUT2D eigenvalue weighted by Gasteiger charge is 2.31. The molecule has 0 saturated heterocycles. The second-order valence-electron chi connectivity index (χ2n) is 5.33. The van der Waals surface area contributed by atoms with Crippen molar-refractivity contribution in [3.63, 3.8) is 0 Å². The topological polar surface area (TPSA) is 38.7 Å². The third-order valence-electron chi connectivity index (χ3n) is 3.21. The van der Waals surface area contributed by atoms with Crippen LogP contribution in [0.3, 0.4) is 0 Å². The van der Waals surface area contributed by atoms with Gasteiger partial charge in [-0.2, -0.15) is 26.3 Å². The third kappa shape index (κ3) is 5.83. The summed E-state index contributed by atoms with van der Waals surface area (Å²) in [6.07, 6.45) is -10.3. The molecule has 3 nitrogen and oxygen atoms in total. The maximum Gasteiger partial charge on any atom is 0.416 e. The zero-order chi connectivity index (χ0) is 19.4. The van der Waals surface area contributed by atoms with Gasteiger partial charge in [-0.05, 0) is 36.4 Å². The van der Waals surface area contributed by atoms with Crippen LogP contribution in [-0.2, 0) is 12.4 Å². The van der Waals surface area contributed by atoms with Crippen molar-refractivity contribution in [2.24, 2.45) is 0 Å². The predicted molar refractivity (Wildman–Crippen MR) is 79.9 cm³/mol. The van der Waals surface area contributed by atoms with E-state index in [9.17, 15) is 31.4 Å². The summed E-state index contributed by atoms with van der Waals surface area (Å²) in [5.41, 5.74) is -1.80. The second-order valence-corrected chi connectivity index (χ2v) is 5.33. The average molecular weight is 380 g/mol. The molecule has 0 bridgehead atoms. The molecule has 2 rings (SSSR count). The normalized spacial score (nSPS) is 12.3.